The molecule has 7 heteroatoms. The van der Waals surface area contributed by atoms with Gasteiger partial charge in [0.25, 0.3) is 0 Å². The van der Waals surface area contributed by atoms with Crippen LogP contribution in [0, 0.1) is 0 Å². The number of rotatable bonds is 8. The summed E-state index contributed by atoms with van der Waals surface area (Å²) in [6.07, 6.45) is 2.52. The topological polar surface area (TPSA) is 96.0 Å². The van der Waals surface area contributed by atoms with Crippen molar-refractivity contribution in [3.63, 3.8) is 0 Å². The molecule has 6 nitrogen and oxygen atoms in total. The second kappa shape index (κ2) is 6.91. The van der Waals surface area contributed by atoms with Gasteiger partial charge in [-0.2, -0.15) is 4.31 Å². The quantitative estimate of drug-likeness (QED) is 0.326. The van der Waals surface area contributed by atoms with E-state index in [-0.39, 0.29) is 30.6 Å². The highest BCUT2D eigenvalue weighted by Crippen LogP contribution is 2.29. The molecule has 0 unspecified atom stereocenters. The third-order valence-electron chi connectivity index (χ3n) is 3.52. The van der Waals surface area contributed by atoms with Crippen LogP contribution in [0.15, 0.2) is 35.5 Å². The summed E-state index contributed by atoms with van der Waals surface area (Å²) in [5.74, 6) is 0.142. The number of hydrogen-bond donors (Lipinski definition) is 2. The third-order valence-corrected chi connectivity index (χ3v) is 5.44. The van der Waals surface area contributed by atoms with Crippen molar-refractivity contribution < 1.29 is 13.6 Å². The largest absolute Gasteiger partial charge is 0.409 e. The Morgan fingerprint density at radius 2 is 2.00 bits per heavy atom. The van der Waals surface area contributed by atoms with E-state index in [1.807, 2.05) is 30.3 Å². The molecule has 21 heavy (non-hydrogen) atoms. The van der Waals surface area contributed by atoms with E-state index in [1.165, 1.54) is 4.31 Å². The predicted molar refractivity (Wildman–Crippen MR) is 81.7 cm³/mol. The first kappa shape index (κ1) is 15.8. The van der Waals surface area contributed by atoms with Crippen molar-refractivity contribution in [1.29, 1.82) is 0 Å². The Balaban J connectivity index is 1.97. The van der Waals surface area contributed by atoms with Crippen LogP contribution in [-0.4, -0.2) is 42.1 Å². The standard InChI is InChI=1S/C14H21N3O3S/c15-14(16-18)8-10-17(13-6-7-13)21(19,20)11-9-12-4-2-1-3-5-12/h1-5,13,18H,6-11H2,(H2,15,16). The Labute approximate surface area is 125 Å². The summed E-state index contributed by atoms with van der Waals surface area (Å²) >= 11 is 0. The van der Waals surface area contributed by atoms with E-state index in [9.17, 15) is 8.42 Å². The number of hydrogen-bond acceptors (Lipinski definition) is 4. The second-order valence-corrected chi connectivity index (χ2v) is 7.28. The molecule has 1 saturated carbocycles. The SMILES string of the molecule is N/C(CCN(C1CC1)S(=O)(=O)CCc1ccccc1)=N/O. The highest BCUT2D eigenvalue weighted by molar-refractivity contribution is 7.89. The zero-order valence-corrected chi connectivity index (χ0v) is 12.7. The number of benzene rings is 1. The lowest BCUT2D eigenvalue weighted by molar-refractivity contribution is 0.315. The van der Waals surface area contributed by atoms with Gasteiger partial charge in [0.1, 0.15) is 5.84 Å². The summed E-state index contributed by atoms with van der Waals surface area (Å²) in [4.78, 5) is 0. The van der Waals surface area contributed by atoms with Crippen molar-refractivity contribution in [1.82, 2.24) is 4.31 Å². The zero-order chi connectivity index (χ0) is 15.3. The van der Waals surface area contributed by atoms with Gasteiger partial charge in [0.2, 0.25) is 10.0 Å². The van der Waals surface area contributed by atoms with E-state index >= 15 is 0 Å². The van der Waals surface area contributed by atoms with Gasteiger partial charge in [-0.05, 0) is 24.8 Å². The molecule has 1 aromatic rings. The Hall–Kier alpha value is -1.60. The molecule has 0 amide bonds. The van der Waals surface area contributed by atoms with E-state index in [2.05, 4.69) is 5.16 Å². The van der Waals surface area contributed by atoms with Crippen LogP contribution in [0.2, 0.25) is 0 Å². The fraction of sp³-hybridized carbons (Fsp3) is 0.500. The Morgan fingerprint density at radius 3 is 2.57 bits per heavy atom. The first-order valence-corrected chi connectivity index (χ1v) is 8.63. The summed E-state index contributed by atoms with van der Waals surface area (Å²) in [7, 11) is -3.32. The third kappa shape index (κ3) is 4.71. The van der Waals surface area contributed by atoms with Crippen molar-refractivity contribution in [3.8, 4) is 0 Å². The molecule has 1 fully saturated rings. The summed E-state index contributed by atoms with van der Waals surface area (Å²) in [5.41, 5.74) is 6.44. The van der Waals surface area contributed by atoms with Crippen molar-refractivity contribution in [2.24, 2.45) is 10.9 Å². The Kier molecular flexibility index (Phi) is 5.19. The number of oxime groups is 1. The van der Waals surface area contributed by atoms with Gasteiger partial charge >= 0.3 is 0 Å². The summed E-state index contributed by atoms with van der Waals surface area (Å²) in [6.45, 7) is 0.275. The number of sulfonamides is 1. The average Bonchev–Trinajstić information content (AvgIpc) is 3.31. The maximum atomic E-state index is 12.5. The van der Waals surface area contributed by atoms with Crippen LogP contribution in [0.5, 0.6) is 0 Å². The van der Waals surface area contributed by atoms with Crippen LogP contribution in [0.3, 0.4) is 0 Å². The highest BCUT2D eigenvalue weighted by Gasteiger charge is 2.36. The molecule has 1 aliphatic rings. The van der Waals surface area contributed by atoms with Gasteiger partial charge in [0, 0.05) is 19.0 Å². The molecule has 0 heterocycles. The molecular weight excluding hydrogens is 290 g/mol. The average molecular weight is 311 g/mol. The molecular formula is C14H21N3O3S. The highest BCUT2D eigenvalue weighted by atomic mass is 32.2. The van der Waals surface area contributed by atoms with Crippen LogP contribution < -0.4 is 5.73 Å². The fourth-order valence-electron chi connectivity index (χ4n) is 2.19. The smallest absolute Gasteiger partial charge is 0.214 e. The van der Waals surface area contributed by atoms with Gasteiger partial charge in [-0.25, -0.2) is 8.42 Å². The predicted octanol–water partition coefficient (Wildman–Crippen LogP) is 1.16. The van der Waals surface area contributed by atoms with Crippen LogP contribution in [-0.2, 0) is 16.4 Å². The minimum absolute atomic E-state index is 0.0545. The molecule has 2 rings (SSSR count). The number of nitrogens with two attached hydrogens (primary N) is 1. The van der Waals surface area contributed by atoms with Crippen molar-refractivity contribution in [2.75, 3.05) is 12.3 Å². The van der Waals surface area contributed by atoms with Crippen molar-refractivity contribution >= 4 is 15.9 Å². The molecule has 0 spiro atoms. The lowest BCUT2D eigenvalue weighted by Crippen LogP contribution is -2.37. The molecule has 0 bridgehead atoms. The summed E-state index contributed by atoms with van der Waals surface area (Å²) < 4.78 is 26.4. The first-order valence-electron chi connectivity index (χ1n) is 7.03. The zero-order valence-electron chi connectivity index (χ0n) is 11.9. The van der Waals surface area contributed by atoms with Crippen LogP contribution in [0.25, 0.3) is 0 Å². The lowest BCUT2D eigenvalue weighted by atomic mass is 10.2. The number of aryl methyl sites for hydroxylation is 1. The molecule has 0 aliphatic heterocycles. The van der Waals surface area contributed by atoms with E-state index in [1.54, 1.807) is 0 Å². The number of amidine groups is 1. The van der Waals surface area contributed by atoms with Crippen molar-refractivity contribution in [3.05, 3.63) is 35.9 Å². The normalized spacial score (nSPS) is 16.3. The molecule has 0 aromatic heterocycles. The van der Waals surface area contributed by atoms with Gasteiger partial charge in [-0.3, -0.25) is 0 Å². The van der Waals surface area contributed by atoms with Crippen LogP contribution in [0.4, 0.5) is 0 Å². The van der Waals surface area contributed by atoms with Gasteiger partial charge in [-0.15, -0.1) is 0 Å². The summed E-state index contributed by atoms with van der Waals surface area (Å²) in [6, 6.07) is 9.64. The minimum Gasteiger partial charge on any atom is -0.409 e. The Bertz CT molecular complexity index is 583. The molecule has 1 aromatic carbocycles. The van der Waals surface area contributed by atoms with E-state index in [4.69, 9.17) is 10.9 Å². The van der Waals surface area contributed by atoms with Gasteiger partial charge in [0.05, 0.1) is 5.75 Å². The molecule has 0 atom stereocenters. The maximum absolute atomic E-state index is 12.5. The Morgan fingerprint density at radius 1 is 1.33 bits per heavy atom. The molecule has 116 valence electrons. The first-order chi connectivity index (χ1) is 10.0. The molecule has 0 radical (unpaired) electrons. The number of nitrogens with zero attached hydrogens (tertiary/aromatic N) is 2. The minimum atomic E-state index is -3.32. The van der Waals surface area contributed by atoms with Gasteiger partial charge in [-0.1, -0.05) is 35.5 Å². The van der Waals surface area contributed by atoms with Crippen LogP contribution in [0.1, 0.15) is 24.8 Å². The fourth-order valence-corrected chi connectivity index (χ4v) is 3.96. The van der Waals surface area contributed by atoms with Gasteiger partial charge < -0.3 is 10.9 Å². The maximum Gasteiger partial charge on any atom is 0.214 e. The lowest BCUT2D eigenvalue weighted by Gasteiger charge is -2.21. The molecule has 1 aliphatic carbocycles. The van der Waals surface area contributed by atoms with Gasteiger partial charge in [0.15, 0.2) is 0 Å². The summed E-state index contributed by atoms with van der Waals surface area (Å²) in [5, 5.41) is 11.4. The van der Waals surface area contributed by atoms with E-state index in [0.717, 1.165) is 18.4 Å². The van der Waals surface area contributed by atoms with Crippen molar-refractivity contribution in [2.45, 2.75) is 31.7 Å². The van der Waals surface area contributed by atoms with E-state index in [0.29, 0.717) is 6.42 Å². The van der Waals surface area contributed by atoms with E-state index < -0.39 is 10.0 Å². The molecule has 0 saturated heterocycles. The second-order valence-electron chi connectivity index (χ2n) is 5.23. The monoisotopic (exact) mass is 311 g/mol. The molecule has 3 N–H and O–H groups in total. The van der Waals surface area contributed by atoms with Crippen LogP contribution >= 0.6 is 0 Å².